The summed E-state index contributed by atoms with van der Waals surface area (Å²) in [4.78, 5) is 22.1. The highest BCUT2D eigenvalue weighted by atomic mass is 16.4. The number of anilines is 1. The van der Waals surface area contributed by atoms with Crippen LogP contribution in [0.2, 0.25) is 0 Å². The predicted molar refractivity (Wildman–Crippen MR) is 62.8 cm³/mol. The highest BCUT2D eigenvalue weighted by Gasteiger charge is 2.45. The summed E-state index contributed by atoms with van der Waals surface area (Å²) >= 11 is 0. The van der Waals surface area contributed by atoms with Gasteiger partial charge in [0.25, 0.3) is 0 Å². The monoisotopic (exact) mass is 234 g/mol. The molecular weight excluding hydrogens is 220 g/mol. The van der Waals surface area contributed by atoms with Gasteiger partial charge >= 0.3 is 12.0 Å². The molecule has 1 aromatic carbocycles. The zero-order valence-electron chi connectivity index (χ0n) is 9.27. The summed E-state index contributed by atoms with van der Waals surface area (Å²) < 4.78 is 0. The standard InChI is InChI=1S/C12H14N2O3/c13-11(17)14-9-4-1-3-8(7-9)12(10(15)16)5-2-6-12/h1,3-4,7H,2,5-6H2,(H,15,16)(H3,13,14,17). The molecule has 0 atom stereocenters. The van der Waals surface area contributed by atoms with Gasteiger partial charge in [0, 0.05) is 5.69 Å². The maximum Gasteiger partial charge on any atom is 0.316 e. The van der Waals surface area contributed by atoms with Gasteiger partial charge in [-0.2, -0.15) is 0 Å². The molecule has 0 radical (unpaired) electrons. The lowest BCUT2D eigenvalue weighted by molar-refractivity contribution is -0.147. The molecule has 2 amide bonds. The third-order valence-electron chi connectivity index (χ3n) is 3.30. The summed E-state index contributed by atoms with van der Waals surface area (Å²) in [7, 11) is 0. The van der Waals surface area contributed by atoms with Crippen LogP contribution in [0.15, 0.2) is 24.3 Å². The molecule has 0 aliphatic heterocycles. The summed E-state index contributed by atoms with van der Waals surface area (Å²) in [6, 6.07) is 6.21. The first-order valence-corrected chi connectivity index (χ1v) is 5.45. The van der Waals surface area contributed by atoms with Gasteiger partial charge in [0.15, 0.2) is 0 Å². The Labute approximate surface area is 98.6 Å². The summed E-state index contributed by atoms with van der Waals surface area (Å²) in [6.45, 7) is 0. The van der Waals surface area contributed by atoms with Gasteiger partial charge in [0.2, 0.25) is 0 Å². The average molecular weight is 234 g/mol. The number of benzene rings is 1. The quantitative estimate of drug-likeness (QED) is 0.742. The molecule has 2 rings (SSSR count). The summed E-state index contributed by atoms with van der Waals surface area (Å²) in [5, 5.41) is 11.7. The van der Waals surface area contributed by atoms with E-state index in [1.54, 1.807) is 24.3 Å². The highest BCUT2D eigenvalue weighted by Crippen LogP contribution is 2.44. The molecule has 4 N–H and O–H groups in total. The second-order valence-electron chi connectivity index (χ2n) is 4.31. The Bertz CT molecular complexity index is 467. The van der Waals surface area contributed by atoms with Gasteiger partial charge in [-0.05, 0) is 30.5 Å². The van der Waals surface area contributed by atoms with E-state index >= 15 is 0 Å². The number of aliphatic carboxylic acids is 1. The van der Waals surface area contributed by atoms with Crippen molar-refractivity contribution < 1.29 is 14.7 Å². The first-order chi connectivity index (χ1) is 8.04. The Hall–Kier alpha value is -2.04. The molecule has 0 saturated heterocycles. The van der Waals surface area contributed by atoms with Crippen LogP contribution in [0.5, 0.6) is 0 Å². The zero-order chi connectivity index (χ0) is 12.5. The van der Waals surface area contributed by atoms with Crippen molar-refractivity contribution in [3.63, 3.8) is 0 Å². The van der Waals surface area contributed by atoms with E-state index in [2.05, 4.69) is 5.32 Å². The van der Waals surface area contributed by atoms with E-state index in [0.29, 0.717) is 18.5 Å². The average Bonchev–Trinajstić information content (AvgIpc) is 2.14. The maximum atomic E-state index is 11.3. The fourth-order valence-electron chi connectivity index (χ4n) is 2.19. The molecule has 1 fully saturated rings. The zero-order valence-corrected chi connectivity index (χ0v) is 9.27. The molecular formula is C12H14N2O3. The van der Waals surface area contributed by atoms with Crippen molar-refractivity contribution in [2.24, 2.45) is 5.73 Å². The van der Waals surface area contributed by atoms with Gasteiger partial charge in [0.1, 0.15) is 0 Å². The minimum absolute atomic E-state index is 0.530. The van der Waals surface area contributed by atoms with Crippen molar-refractivity contribution in [1.29, 1.82) is 0 Å². The van der Waals surface area contributed by atoms with Crippen LogP contribution in [0.25, 0.3) is 0 Å². The molecule has 1 aliphatic carbocycles. The number of hydrogen-bond acceptors (Lipinski definition) is 2. The van der Waals surface area contributed by atoms with Crippen molar-refractivity contribution >= 4 is 17.7 Å². The van der Waals surface area contributed by atoms with Gasteiger partial charge in [-0.3, -0.25) is 4.79 Å². The maximum absolute atomic E-state index is 11.3. The first-order valence-electron chi connectivity index (χ1n) is 5.45. The molecule has 0 heterocycles. The lowest BCUT2D eigenvalue weighted by atomic mass is 9.64. The van der Waals surface area contributed by atoms with Crippen LogP contribution in [0.1, 0.15) is 24.8 Å². The van der Waals surface area contributed by atoms with E-state index in [4.69, 9.17) is 5.73 Å². The Morgan fingerprint density at radius 2 is 2.06 bits per heavy atom. The number of nitrogens with one attached hydrogen (secondary N) is 1. The van der Waals surface area contributed by atoms with Crippen molar-refractivity contribution in [1.82, 2.24) is 0 Å². The predicted octanol–water partition coefficient (Wildman–Crippen LogP) is 1.68. The molecule has 5 nitrogen and oxygen atoms in total. The molecule has 90 valence electrons. The number of hydrogen-bond donors (Lipinski definition) is 3. The van der Waals surface area contributed by atoms with Gasteiger partial charge in [-0.15, -0.1) is 0 Å². The topological polar surface area (TPSA) is 92.4 Å². The normalized spacial score (nSPS) is 16.9. The lowest BCUT2D eigenvalue weighted by Crippen LogP contribution is -2.42. The van der Waals surface area contributed by atoms with Crippen molar-refractivity contribution in [2.75, 3.05) is 5.32 Å². The fourth-order valence-corrected chi connectivity index (χ4v) is 2.19. The van der Waals surface area contributed by atoms with Crippen molar-refractivity contribution in [2.45, 2.75) is 24.7 Å². The number of carboxylic acids is 1. The fraction of sp³-hybridized carbons (Fsp3) is 0.333. The Morgan fingerprint density at radius 1 is 1.35 bits per heavy atom. The van der Waals surface area contributed by atoms with Crippen LogP contribution in [-0.2, 0) is 10.2 Å². The summed E-state index contributed by atoms with van der Waals surface area (Å²) in [5.74, 6) is -0.806. The molecule has 0 bridgehead atoms. The number of primary amides is 1. The van der Waals surface area contributed by atoms with E-state index in [9.17, 15) is 14.7 Å². The SMILES string of the molecule is NC(=O)Nc1cccc(C2(C(=O)O)CCC2)c1. The van der Waals surface area contributed by atoms with Gasteiger partial charge < -0.3 is 16.2 Å². The second-order valence-corrected chi connectivity index (χ2v) is 4.31. The van der Waals surface area contributed by atoms with Gasteiger partial charge in [-0.1, -0.05) is 18.6 Å². The van der Waals surface area contributed by atoms with Crippen LogP contribution in [0.3, 0.4) is 0 Å². The molecule has 1 aromatic rings. The third kappa shape index (κ3) is 1.95. The molecule has 1 aliphatic rings. The van der Waals surface area contributed by atoms with E-state index in [1.807, 2.05) is 0 Å². The minimum atomic E-state index is -0.806. The smallest absolute Gasteiger partial charge is 0.316 e. The van der Waals surface area contributed by atoms with E-state index in [0.717, 1.165) is 12.0 Å². The third-order valence-corrected chi connectivity index (χ3v) is 3.30. The molecule has 0 unspecified atom stereocenters. The molecule has 0 spiro atoms. The largest absolute Gasteiger partial charge is 0.481 e. The number of amides is 2. The Morgan fingerprint density at radius 3 is 2.53 bits per heavy atom. The van der Waals surface area contributed by atoms with E-state index in [1.165, 1.54) is 0 Å². The van der Waals surface area contributed by atoms with Crippen LogP contribution in [0.4, 0.5) is 10.5 Å². The second kappa shape index (κ2) is 4.08. The van der Waals surface area contributed by atoms with Crippen molar-refractivity contribution in [3.05, 3.63) is 29.8 Å². The first kappa shape index (κ1) is 11.4. The van der Waals surface area contributed by atoms with Gasteiger partial charge in [0.05, 0.1) is 5.41 Å². The number of nitrogens with two attached hydrogens (primary N) is 1. The molecule has 0 aromatic heterocycles. The number of carbonyl (C=O) groups excluding carboxylic acids is 1. The number of carboxylic acid groups (broad SMARTS) is 1. The highest BCUT2D eigenvalue weighted by molar-refractivity contribution is 5.88. The molecule has 5 heteroatoms. The Kier molecular flexibility index (Phi) is 2.75. The van der Waals surface area contributed by atoms with Crippen LogP contribution < -0.4 is 11.1 Å². The summed E-state index contributed by atoms with van der Waals surface area (Å²) in [6.07, 6.45) is 2.20. The van der Waals surface area contributed by atoms with Crippen LogP contribution in [-0.4, -0.2) is 17.1 Å². The number of urea groups is 1. The minimum Gasteiger partial charge on any atom is -0.481 e. The van der Waals surface area contributed by atoms with Crippen molar-refractivity contribution in [3.8, 4) is 0 Å². The van der Waals surface area contributed by atoms with Crippen LogP contribution >= 0.6 is 0 Å². The number of rotatable bonds is 3. The Balaban J connectivity index is 2.32. The number of carbonyl (C=O) groups is 2. The van der Waals surface area contributed by atoms with Gasteiger partial charge in [-0.25, -0.2) is 4.79 Å². The molecule has 1 saturated carbocycles. The molecule has 17 heavy (non-hydrogen) atoms. The lowest BCUT2D eigenvalue weighted by Gasteiger charge is -2.38. The van der Waals surface area contributed by atoms with E-state index < -0.39 is 17.4 Å². The van der Waals surface area contributed by atoms with Crippen LogP contribution in [0, 0.1) is 0 Å². The van der Waals surface area contributed by atoms with E-state index in [-0.39, 0.29) is 0 Å². The summed E-state index contributed by atoms with van der Waals surface area (Å²) in [5.41, 5.74) is 5.50.